The quantitative estimate of drug-likeness (QED) is 0.332. The van der Waals surface area contributed by atoms with Crippen LogP contribution in [0.1, 0.15) is 22.8 Å². The molecule has 4 rings (SSSR count). The summed E-state index contributed by atoms with van der Waals surface area (Å²) in [6.45, 7) is 3.47. The van der Waals surface area contributed by atoms with E-state index in [0.717, 1.165) is 16.8 Å². The van der Waals surface area contributed by atoms with Crippen LogP contribution in [-0.2, 0) is 4.79 Å². The fourth-order valence-corrected chi connectivity index (χ4v) is 4.08. The zero-order valence-corrected chi connectivity index (χ0v) is 18.5. The summed E-state index contributed by atoms with van der Waals surface area (Å²) in [7, 11) is 0. The average Bonchev–Trinajstić information content (AvgIpc) is 3.22. The Balaban J connectivity index is 1.60. The minimum absolute atomic E-state index is 0.0332. The first-order chi connectivity index (χ1) is 15.5. The van der Waals surface area contributed by atoms with Gasteiger partial charge < -0.3 is 5.32 Å². The first-order valence-corrected chi connectivity index (χ1v) is 11.0. The predicted molar refractivity (Wildman–Crippen MR) is 125 cm³/mol. The van der Waals surface area contributed by atoms with Crippen LogP contribution in [0.3, 0.4) is 0 Å². The van der Waals surface area contributed by atoms with Gasteiger partial charge in [0.1, 0.15) is 0 Å². The second-order valence-electron chi connectivity index (χ2n) is 7.13. The highest BCUT2D eigenvalue weighted by molar-refractivity contribution is 7.99. The van der Waals surface area contributed by atoms with E-state index < -0.39 is 0 Å². The Labute approximate surface area is 189 Å². The molecule has 0 radical (unpaired) electrons. The fourth-order valence-electron chi connectivity index (χ4n) is 3.24. The van der Waals surface area contributed by atoms with Crippen molar-refractivity contribution < 1.29 is 9.59 Å². The number of nitrogens with zero attached hydrogens (tertiary/aromatic N) is 4. The third-order valence-electron chi connectivity index (χ3n) is 4.79. The van der Waals surface area contributed by atoms with Gasteiger partial charge in [-0.05, 0) is 55.0 Å². The molecular weight excluding hydrogens is 422 g/mol. The maximum atomic E-state index is 12.8. The maximum absolute atomic E-state index is 12.8. The van der Waals surface area contributed by atoms with Crippen LogP contribution in [0.25, 0.3) is 17.1 Å². The number of Topliss-reactive ketones (excluding diaryl/α,β-unsaturated/α-hetero) is 1. The summed E-state index contributed by atoms with van der Waals surface area (Å²) in [5, 5.41) is 12.1. The van der Waals surface area contributed by atoms with E-state index in [2.05, 4.69) is 20.5 Å². The van der Waals surface area contributed by atoms with Crippen LogP contribution < -0.4 is 5.32 Å². The van der Waals surface area contributed by atoms with Crippen molar-refractivity contribution in [1.82, 2.24) is 19.7 Å². The summed E-state index contributed by atoms with van der Waals surface area (Å²) in [4.78, 5) is 28.0. The Hall–Kier alpha value is -3.78. The van der Waals surface area contributed by atoms with Crippen molar-refractivity contribution in [2.45, 2.75) is 19.0 Å². The number of nitrogens with one attached hydrogen (secondary N) is 1. The van der Waals surface area contributed by atoms with E-state index >= 15 is 0 Å². The van der Waals surface area contributed by atoms with E-state index in [9.17, 15) is 9.59 Å². The first kappa shape index (κ1) is 21.5. The fraction of sp³-hybridized carbons (Fsp3) is 0.125. The van der Waals surface area contributed by atoms with Crippen LogP contribution in [-0.4, -0.2) is 37.2 Å². The van der Waals surface area contributed by atoms with Gasteiger partial charge in [0, 0.05) is 36.1 Å². The van der Waals surface area contributed by atoms with Gasteiger partial charge in [-0.15, -0.1) is 10.2 Å². The van der Waals surface area contributed by atoms with Crippen LogP contribution in [0.2, 0.25) is 0 Å². The van der Waals surface area contributed by atoms with Gasteiger partial charge in [0.25, 0.3) is 0 Å². The highest BCUT2D eigenvalue weighted by Crippen LogP contribution is 2.29. The zero-order chi connectivity index (χ0) is 22.5. The van der Waals surface area contributed by atoms with Gasteiger partial charge in [0.05, 0.1) is 11.4 Å². The highest BCUT2D eigenvalue weighted by atomic mass is 32.2. The molecule has 32 heavy (non-hydrogen) atoms. The molecule has 0 atom stereocenters. The van der Waals surface area contributed by atoms with E-state index in [1.165, 1.54) is 18.7 Å². The Kier molecular flexibility index (Phi) is 6.42. The molecule has 0 unspecified atom stereocenters. The van der Waals surface area contributed by atoms with Gasteiger partial charge in [-0.1, -0.05) is 30.0 Å². The summed E-state index contributed by atoms with van der Waals surface area (Å²) < 4.78 is 1.97. The van der Waals surface area contributed by atoms with E-state index in [-0.39, 0.29) is 17.4 Å². The van der Waals surface area contributed by atoms with Crippen molar-refractivity contribution in [3.8, 4) is 17.1 Å². The lowest BCUT2D eigenvalue weighted by atomic mass is 10.1. The lowest BCUT2D eigenvalue weighted by Gasteiger charge is -2.12. The number of pyridine rings is 1. The smallest absolute Gasteiger partial charge is 0.221 e. The molecule has 0 aliphatic carbocycles. The lowest BCUT2D eigenvalue weighted by molar-refractivity contribution is -0.114. The minimum atomic E-state index is -0.153. The van der Waals surface area contributed by atoms with E-state index in [4.69, 9.17) is 0 Å². The molecule has 0 saturated carbocycles. The van der Waals surface area contributed by atoms with Gasteiger partial charge in [0.2, 0.25) is 5.91 Å². The molecule has 1 N–H and O–H groups in total. The van der Waals surface area contributed by atoms with Gasteiger partial charge >= 0.3 is 0 Å². The van der Waals surface area contributed by atoms with E-state index in [0.29, 0.717) is 22.2 Å². The SMILES string of the molecule is CC(=O)Nc1ccc(C(=O)CSc2nnc(-c3ccncc3)n2-c2ccccc2C)cc1. The van der Waals surface area contributed by atoms with Crippen LogP contribution in [0.5, 0.6) is 0 Å². The van der Waals surface area contributed by atoms with Gasteiger partial charge in [-0.3, -0.25) is 19.1 Å². The molecule has 0 spiro atoms. The number of hydrogen-bond acceptors (Lipinski definition) is 6. The van der Waals surface area contributed by atoms with E-state index in [1.807, 2.05) is 47.9 Å². The minimum Gasteiger partial charge on any atom is -0.326 e. The topological polar surface area (TPSA) is 89.8 Å². The number of hydrogen-bond donors (Lipinski definition) is 1. The van der Waals surface area contributed by atoms with E-state index in [1.54, 1.807) is 36.7 Å². The summed E-state index contributed by atoms with van der Waals surface area (Å²) in [6, 6.07) is 18.6. The largest absolute Gasteiger partial charge is 0.326 e. The number of ketones is 1. The summed E-state index contributed by atoms with van der Waals surface area (Å²) in [5.41, 5.74) is 4.15. The molecule has 0 fully saturated rings. The number of anilines is 1. The Morgan fingerprint density at radius 3 is 2.38 bits per heavy atom. The van der Waals surface area contributed by atoms with Gasteiger partial charge in [0.15, 0.2) is 16.8 Å². The summed E-state index contributed by atoms with van der Waals surface area (Å²) >= 11 is 1.34. The second kappa shape index (κ2) is 9.57. The Morgan fingerprint density at radius 2 is 1.69 bits per heavy atom. The van der Waals surface area contributed by atoms with Crippen molar-refractivity contribution in [2.75, 3.05) is 11.1 Å². The summed E-state index contributed by atoms with van der Waals surface area (Å²) in [5.74, 6) is 0.713. The number of benzene rings is 2. The monoisotopic (exact) mass is 443 g/mol. The number of para-hydroxylation sites is 1. The Morgan fingerprint density at radius 1 is 0.969 bits per heavy atom. The van der Waals surface area contributed by atoms with Crippen LogP contribution >= 0.6 is 11.8 Å². The van der Waals surface area contributed by atoms with Crippen molar-refractivity contribution >= 4 is 29.1 Å². The lowest BCUT2D eigenvalue weighted by Crippen LogP contribution is -2.07. The van der Waals surface area contributed by atoms with Crippen molar-refractivity contribution in [3.05, 3.63) is 84.2 Å². The molecule has 4 aromatic rings. The number of carbonyl (C=O) groups excluding carboxylic acids is 2. The van der Waals surface area contributed by atoms with Crippen LogP contribution in [0.15, 0.2) is 78.2 Å². The molecule has 1 amide bonds. The molecule has 2 aromatic carbocycles. The third kappa shape index (κ3) is 4.76. The van der Waals surface area contributed by atoms with Crippen molar-refractivity contribution in [2.24, 2.45) is 0 Å². The molecule has 160 valence electrons. The second-order valence-corrected chi connectivity index (χ2v) is 8.08. The molecule has 2 aromatic heterocycles. The highest BCUT2D eigenvalue weighted by Gasteiger charge is 2.18. The molecule has 0 bridgehead atoms. The standard InChI is InChI=1S/C24H21N5O2S/c1-16-5-3-4-6-21(16)29-23(19-11-13-25-14-12-19)27-28-24(29)32-15-22(31)18-7-9-20(10-8-18)26-17(2)30/h3-14H,15H2,1-2H3,(H,26,30). The number of aryl methyl sites for hydroxylation is 1. The number of thioether (sulfide) groups is 1. The molecule has 0 aliphatic heterocycles. The predicted octanol–water partition coefficient (Wildman–Crippen LogP) is 4.57. The van der Waals surface area contributed by atoms with Gasteiger partial charge in [-0.25, -0.2) is 0 Å². The number of carbonyl (C=O) groups is 2. The third-order valence-corrected chi connectivity index (χ3v) is 5.72. The number of amides is 1. The Bertz CT molecular complexity index is 1250. The van der Waals surface area contributed by atoms with Gasteiger partial charge in [-0.2, -0.15) is 0 Å². The van der Waals surface area contributed by atoms with Crippen LogP contribution in [0, 0.1) is 6.92 Å². The maximum Gasteiger partial charge on any atom is 0.221 e. The average molecular weight is 444 g/mol. The van der Waals surface area contributed by atoms with Crippen molar-refractivity contribution in [3.63, 3.8) is 0 Å². The summed E-state index contributed by atoms with van der Waals surface area (Å²) in [6.07, 6.45) is 3.43. The molecular formula is C24H21N5O2S. The van der Waals surface area contributed by atoms with Crippen LogP contribution in [0.4, 0.5) is 5.69 Å². The van der Waals surface area contributed by atoms with Crippen molar-refractivity contribution in [1.29, 1.82) is 0 Å². The molecule has 7 nitrogen and oxygen atoms in total. The molecule has 0 aliphatic rings. The normalized spacial score (nSPS) is 10.7. The molecule has 0 saturated heterocycles. The molecule has 8 heteroatoms. The number of aromatic nitrogens is 4. The first-order valence-electron chi connectivity index (χ1n) is 9.98. The number of rotatable bonds is 7. The zero-order valence-electron chi connectivity index (χ0n) is 17.6. The molecule has 2 heterocycles.